The molecule has 0 rings (SSSR count). The third-order valence-corrected chi connectivity index (χ3v) is 2.46. The van der Waals surface area contributed by atoms with Gasteiger partial charge in [0.1, 0.15) is 0 Å². The van der Waals surface area contributed by atoms with Crippen LogP contribution < -0.4 is 5.73 Å². The van der Waals surface area contributed by atoms with Crippen molar-refractivity contribution in [2.24, 2.45) is 5.73 Å². The number of nitrogens with two attached hydrogens (primary N) is 1. The minimum Gasteiger partial charge on any atom is -0.351 e. The van der Waals surface area contributed by atoms with E-state index in [2.05, 4.69) is 18.7 Å². The zero-order valence-electron chi connectivity index (χ0n) is 10.3. The summed E-state index contributed by atoms with van der Waals surface area (Å²) < 4.78 is 0. The molecule has 15 heavy (non-hydrogen) atoms. The average molecular weight is 215 g/mol. The van der Waals surface area contributed by atoms with Crippen LogP contribution in [0.3, 0.4) is 0 Å². The summed E-state index contributed by atoms with van der Waals surface area (Å²) in [4.78, 5) is 15.0. The highest BCUT2D eigenvalue weighted by Crippen LogP contribution is 1.96. The molecule has 2 amide bonds. The lowest BCUT2D eigenvalue weighted by molar-refractivity contribution is 0.193. The van der Waals surface area contributed by atoms with Crippen molar-refractivity contribution in [1.82, 2.24) is 9.80 Å². The van der Waals surface area contributed by atoms with Gasteiger partial charge in [0.05, 0.1) is 0 Å². The van der Waals surface area contributed by atoms with Gasteiger partial charge in [-0.3, -0.25) is 0 Å². The second-order valence-corrected chi connectivity index (χ2v) is 3.76. The molecule has 0 unspecified atom stereocenters. The molecule has 90 valence electrons. The molecule has 0 radical (unpaired) electrons. The van der Waals surface area contributed by atoms with Crippen LogP contribution in [-0.2, 0) is 0 Å². The van der Waals surface area contributed by atoms with Gasteiger partial charge in [0.2, 0.25) is 0 Å². The average Bonchev–Trinajstić information content (AvgIpc) is 2.18. The zero-order chi connectivity index (χ0) is 11.7. The second-order valence-electron chi connectivity index (χ2n) is 3.76. The van der Waals surface area contributed by atoms with Crippen molar-refractivity contribution in [2.45, 2.75) is 33.6 Å². The number of amides is 2. The highest BCUT2D eigenvalue weighted by molar-refractivity contribution is 5.71. The Hall–Kier alpha value is -0.770. The van der Waals surface area contributed by atoms with Crippen molar-refractivity contribution in [3.8, 4) is 0 Å². The molecule has 0 aliphatic heterocycles. The summed E-state index contributed by atoms with van der Waals surface area (Å²) in [5.74, 6) is 0. The summed E-state index contributed by atoms with van der Waals surface area (Å²) in [6, 6.07) is -0.314. The Morgan fingerprint density at radius 3 is 1.87 bits per heavy atom. The third-order valence-electron chi connectivity index (χ3n) is 2.46. The molecule has 0 aromatic rings. The normalized spacial score (nSPS) is 10.7. The lowest BCUT2D eigenvalue weighted by Gasteiger charge is -2.25. The lowest BCUT2D eigenvalue weighted by atomic mass is 10.3. The van der Waals surface area contributed by atoms with Gasteiger partial charge in [0.15, 0.2) is 0 Å². The van der Waals surface area contributed by atoms with Crippen LogP contribution in [0.5, 0.6) is 0 Å². The van der Waals surface area contributed by atoms with Crippen LogP contribution >= 0.6 is 0 Å². The number of hydrogen-bond donors (Lipinski definition) is 1. The standard InChI is InChI=1S/C11H25N3O/c1-4-7-13(8-5-2)9-10-14(6-3)11(12)15/h4-10H2,1-3H3,(H2,12,15). The molecular formula is C11H25N3O. The molecule has 0 spiro atoms. The van der Waals surface area contributed by atoms with E-state index < -0.39 is 0 Å². The summed E-state index contributed by atoms with van der Waals surface area (Å²) in [6.07, 6.45) is 2.31. The first-order valence-electron chi connectivity index (χ1n) is 5.92. The van der Waals surface area contributed by atoms with Crippen LogP contribution in [0, 0.1) is 0 Å². The number of urea groups is 1. The summed E-state index contributed by atoms with van der Waals surface area (Å²) in [7, 11) is 0. The molecule has 4 nitrogen and oxygen atoms in total. The first-order valence-corrected chi connectivity index (χ1v) is 5.92. The molecule has 2 N–H and O–H groups in total. The molecule has 0 atom stereocenters. The Morgan fingerprint density at radius 1 is 1.00 bits per heavy atom. The van der Waals surface area contributed by atoms with Crippen LogP contribution in [0.15, 0.2) is 0 Å². The highest BCUT2D eigenvalue weighted by atomic mass is 16.2. The van der Waals surface area contributed by atoms with Gasteiger partial charge in [0, 0.05) is 19.6 Å². The maximum Gasteiger partial charge on any atom is 0.314 e. The van der Waals surface area contributed by atoms with E-state index in [1.54, 1.807) is 4.90 Å². The zero-order valence-corrected chi connectivity index (χ0v) is 10.3. The molecule has 0 saturated heterocycles. The third kappa shape index (κ3) is 6.33. The molecule has 0 aliphatic rings. The first kappa shape index (κ1) is 14.2. The van der Waals surface area contributed by atoms with Crippen molar-refractivity contribution in [3.63, 3.8) is 0 Å². The SMILES string of the molecule is CCCN(CCC)CCN(CC)C(N)=O. The van der Waals surface area contributed by atoms with E-state index in [1.165, 1.54) is 0 Å². The molecule has 0 aromatic heterocycles. The van der Waals surface area contributed by atoms with Gasteiger partial charge >= 0.3 is 6.03 Å². The first-order chi connectivity index (χ1) is 7.15. The van der Waals surface area contributed by atoms with Gasteiger partial charge in [0.25, 0.3) is 0 Å². The maximum absolute atomic E-state index is 11.0. The number of primary amides is 1. The number of rotatable bonds is 8. The van der Waals surface area contributed by atoms with E-state index in [0.29, 0.717) is 6.54 Å². The predicted molar refractivity (Wildman–Crippen MR) is 63.9 cm³/mol. The van der Waals surface area contributed by atoms with Crippen molar-refractivity contribution in [3.05, 3.63) is 0 Å². The van der Waals surface area contributed by atoms with Crippen molar-refractivity contribution >= 4 is 6.03 Å². The smallest absolute Gasteiger partial charge is 0.314 e. The minimum absolute atomic E-state index is 0.314. The molecule has 0 bridgehead atoms. The van der Waals surface area contributed by atoms with Gasteiger partial charge in [-0.25, -0.2) is 4.79 Å². The van der Waals surface area contributed by atoms with Crippen LogP contribution in [0.4, 0.5) is 4.79 Å². The summed E-state index contributed by atoms with van der Waals surface area (Å²) in [5, 5.41) is 0. The Bertz CT molecular complexity index is 167. The molecular weight excluding hydrogens is 190 g/mol. The Balaban J connectivity index is 3.89. The van der Waals surface area contributed by atoms with E-state index in [9.17, 15) is 4.79 Å². The minimum atomic E-state index is -0.314. The number of carbonyl (C=O) groups excluding carboxylic acids is 1. The van der Waals surface area contributed by atoms with Gasteiger partial charge in [-0.1, -0.05) is 13.8 Å². The number of likely N-dealkylation sites (N-methyl/N-ethyl adjacent to an activating group) is 1. The van der Waals surface area contributed by atoms with E-state index in [1.807, 2.05) is 6.92 Å². The van der Waals surface area contributed by atoms with Crippen molar-refractivity contribution < 1.29 is 4.79 Å². The van der Waals surface area contributed by atoms with Crippen molar-refractivity contribution in [2.75, 3.05) is 32.7 Å². The number of carbonyl (C=O) groups is 1. The highest BCUT2D eigenvalue weighted by Gasteiger charge is 2.09. The summed E-state index contributed by atoms with van der Waals surface area (Å²) in [5.41, 5.74) is 5.25. The van der Waals surface area contributed by atoms with Crippen LogP contribution in [0.1, 0.15) is 33.6 Å². The quantitative estimate of drug-likeness (QED) is 0.667. The summed E-state index contributed by atoms with van der Waals surface area (Å²) in [6.45, 7) is 10.9. The molecule has 0 fully saturated rings. The molecule has 0 saturated carbocycles. The summed E-state index contributed by atoms with van der Waals surface area (Å²) >= 11 is 0. The Labute approximate surface area is 93.4 Å². The fraction of sp³-hybridized carbons (Fsp3) is 0.909. The molecule has 0 aliphatic carbocycles. The van der Waals surface area contributed by atoms with Gasteiger partial charge in [-0.05, 0) is 32.9 Å². The molecule has 0 heterocycles. The van der Waals surface area contributed by atoms with Crippen molar-refractivity contribution in [1.29, 1.82) is 0 Å². The van der Waals surface area contributed by atoms with Gasteiger partial charge in [-0.15, -0.1) is 0 Å². The predicted octanol–water partition coefficient (Wildman–Crippen LogP) is 1.51. The van der Waals surface area contributed by atoms with Crippen LogP contribution in [0.25, 0.3) is 0 Å². The van der Waals surface area contributed by atoms with E-state index in [-0.39, 0.29) is 6.03 Å². The topological polar surface area (TPSA) is 49.6 Å². The monoisotopic (exact) mass is 215 g/mol. The van der Waals surface area contributed by atoms with E-state index >= 15 is 0 Å². The largest absolute Gasteiger partial charge is 0.351 e. The van der Waals surface area contributed by atoms with E-state index in [0.717, 1.165) is 39.0 Å². The van der Waals surface area contributed by atoms with Gasteiger partial charge in [-0.2, -0.15) is 0 Å². The molecule has 4 heteroatoms. The Morgan fingerprint density at radius 2 is 1.53 bits per heavy atom. The second kappa shape index (κ2) is 8.53. The van der Waals surface area contributed by atoms with Crippen LogP contribution in [-0.4, -0.2) is 48.6 Å². The molecule has 0 aromatic carbocycles. The van der Waals surface area contributed by atoms with Crippen LogP contribution in [0.2, 0.25) is 0 Å². The maximum atomic E-state index is 11.0. The number of nitrogens with zero attached hydrogens (tertiary/aromatic N) is 2. The van der Waals surface area contributed by atoms with Gasteiger partial charge < -0.3 is 15.5 Å². The lowest BCUT2D eigenvalue weighted by Crippen LogP contribution is -2.41. The van der Waals surface area contributed by atoms with E-state index in [4.69, 9.17) is 5.73 Å². The fourth-order valence-corrected chi connectivity index (χ4v) is 1.65. The fourth-order valence-electron chi connectivity index (χ4n) is 1.65. The Kier molecular flexibility index (Phi) is 8.09. The number of hydrogen-bond acceptors (Lipinski definition) is 2.